The first-order chi connectivity index (χ1) is 16.4. The van der Waals surface area contributed by atoms with Crippen LogP contribution in [0.5, 0.6) is 0 Å². The number of nitrogens with one attached hydrogen (secondary N) is 2. The van der Waals surface area contributed by atoms with Crippen molar-refractivity contribution in [3.8, 4) is 0 Å². The van der Waals surface area contributed by atoms with Gasteiger partial charge in [-0.05, 0) is 50.3 Å². The summed E-state index contributed by atoms with van der Waals surface area (Å²) in [6, 6.07) is 0.853. The van der Waals surface area contributed by atoms with Gasteiger partial charge in [-0.15, -0.1) is 0 Å². The number of benzene rings is 1. The van der Waals surface area contributed by atoms with Crippen molar-refractivity contribution in [3.63, 3.8) is 0 Å². The number of amides is 2. The smallest absolute Gasteiger partial charge is 0.328 e. The van der Waals surface area contributed by atoms with Crippen LogP contribution in [0, 0.1) is 23.5 Å². The van der Waals surface area contributed by atoms with Gasteiger partial charge in [-0.1, -0.05) is 26.8 Å². The third-order valence-electron chi connectivity index (χ3n) is 4.94. The zero-order valence-electron chi connectivity index (χ0n) is 21.2. The van der Waals surface area contributed by atoms with Crippen LogP contribution in [0.1, 0.15) is 53.0 Å². The molecule has 2 N–H and O–H groups in total. The average molecular weight is 486 g/mol. The van der Waals surface area contributed by atoms with Crippen LogP contribution in [0.2, 0.25) is 1.41 Å². The van der Waals surface area contributed by atoms with Gasteiger partial charge >= 0.3 is 11.9 Å². The van der Waals surface area contributed by atoms with E-state index in [1.165, 1.54) is 13.0 Å². The summed E-state index contributed by atoms with van der Waals surface area (Å²) in [5, 5.41) is 3.03. The van der Waals surface area contributed by atoms with Crippen LogP contribution in [0.25, 0.3) is 0 Å². The first kappa shape index (κ1) is 27.2. The molecule has 0 spiro atoms. The normalized spacial score (nSPS) is 13.9. The summed E-state index contributed by atoms with van der Waals surface area (Å²) in [7, 11) is 0. The van der Waals surface area contributed by atoms with Crippen molar-refractivity contribution >= 4 is 23.8 Å². The van der Waals surface area contributed by atoms with Gasteiger partial charge in [-0.25, -0.2) is 13.6 Å². The maximum Gasteiger partial charge on any atom is 0.328 e. The van der Waals surface area contributed by atoms with Crippen LogP contribution in [-0.2, 0) is 35.1 Å². The molecule has 0 fully saturated rings. The minimum absolute atomic E-state index is 0.0306. The molecule has 3 atom stereocenters. The molecule has 0 aliphatic rings. The highest BCUT2D eigenvalue weighted by atomic mass is 19.2. The summed E-state index contributed by atoms with van der Waals surface area (Å²) >= 11 is 0. The van der Waals surface area contributed by atoms with Gasteiger partial charge in [0.25, 0.3) is 0 Å². The van der Waals surface area contributed by atoms with Crippen molar-refractivity contribution < 1.29 is 38.8 Å². The van der Waals surface area contributed by atoms with Crippen LogP contribution in [0.15, 0.2) is 18.2 Å². The lowest BCUT2D eigenvalue weighted by atomic mass is 9.97. The highest BCUT2D eigenvalue weighted by molar-refractivity contribution is 5.91. The van der Waals surface area contributed by atoms with E-state index in [-0.39, 0.29) is 32.5 Å². The van der Waals surface area contributed by atoms with E-state index >= 15 is 0 Å². The fourth-order valence-corrected chi connectivity index (χ4v) is 3.13. The van der Waals surface area contributed by atoms with E-state index in [4.69, 9.17) is 10.9 Å². The molecule has 0 saturated heterocycles. The fraction of sp³-hybridized carbons (Fsp3) is 0.583. The van der Waals surface area contributed by atoms with Crippen molar-refractivity contribution in [2.45, 2.75) is 66.0 Å². The number of esters is 2. The summed E-state index contributed by atoms with van der Waals surface area (Å²) in [4.78, 5) is 50.0. The van der Waals surface area contributed by atoms with Gasteiger partial charge < -0.3 is 20.1 Å². The lowest BCUT2D eigenvalue weighted by molar-refractivity contribution is -0.149. The van der Waals surface area contributed by atoms with Gasteiger partial charge in [0.1, 0.15) is 12.1 Å². The first-order valence-corrected chi connectivity index (χ1v) is 11.3. The molecule has 0 radical (unpaired) electrons. The molecule has 0 unspecified atom stereocenters. The van der Waals surface area contributed by atoms with E-state index in [1.54, 1.807) is 27.7 Å². The first-order valence-electron chi connectivity index (χ1n) is 11.8. The molecule has 0 aromatic heterocycles. The van der Waals surface area contributed by atoms with Crippen LogP contribution in [-0.4, -0.2) is 49.1 Å². The van der Waals surface area contributed by atoms with E-state index in [0.29, 0.717) is 10.9 Å². The maximum absolute atomic E-state index is 13.5. The summed E-state index contributed by atoms with van der Waals surface area (Å²) in [5.41, 5.74) is 0.366. The molecule has 0 aliphatic heterocycles. The van der Waals surface area contributed by atoms with Crippen molar-refractivity contribution in [2.24, 2.45) is 11.8 Å². The third-order valence-corrected chi connectivity index (χ3v) is 4.94. The quantitative estimate of drug-likeness (QED) is 0.416. The predicted octanol–water partition coefficient (Wildman–Crippen LogP) is 2.68. The number of carbonyl (C=O) groups is 4. The van der Waals surface area contributed by atoms with Crippen LogP contribution in [0.4, 0.5) is 8.78 Å². The summed E-state index contributed by atoms with van der Waals surface area (Å²) in [6.07, 6.45) is -0.186. The van der Waals surface area contributed by atoms with Crippen molar-refractivity contribution in [1.82, 2.24) is 10.6 Å². The molecule has 2 amide bonds. The highest BCUT2D eigenvalue weighted by Crippen LogP contribution is 2.14. The molecule has 0 saturated carbocycles. The largest absolute Gasteiger partial charge is 0.466 e. The minimum atomic E-state index is -1.26. The Bertz CT molecular complexity index is 899. The molecule has 34 heavy (non-hydrogen) atoms. The second kappa shape index (κ2) is 14.3. The van der Waals surface area contributed by atoms with Gasteiger partial charge in [0.2, 0.25) is 11.8 Å². The number of halogens is 2. The molecule has 190 valence electrons. The number of hydrogen-bond acceptors (Lipinski definition) is 6. The Morgan fingerprint density at radius 1 is 1.00 bits per heavy atom. The monoisotopic (exact) mass is 485 g/mol. The molecular formula is C24H34F2N2O6. The standard InChI is InChI=1S/C24H34F2N2O6/c1-6-33-20(29)11-10-19(24(32)34-7-2)27-23(31)21(14(3)4)28-22(30)15(5)12-16-8-9-17(25)18(26)13-16/h8-9,13-15,19,21H,6-7,10-12H2,1-5H3,(H,27,31)(H,28,30)/t15-,19+,21+/m1/s1/i/hD. The lowest BCUT2D eigenvalue weighted by Gasteiger charge is -2.26. The predicted molar refractivity (Wildman–Crippen MR) is 120 cm³/mol. The number of carbonyl (C=O) groups excluding carboxylic acids is 4. The molecule has 8 nitrogen and oxygen atoms in total. The van der Waals surface area contributed by atoms with Crippen molar-refractivity contribution in [3.05, 3.63) is 35.4 Å². The van der Waals surface area contributed by atoms with Crippen LogP contribution in [0.3, 0.4) is 0 Å². The molecule has 0 bridgehead atoms. The van der Waals surface area contributed by atoms with Gasteiger partial charge in [-0.2, -0.15) is 0 Å². The number of ether oxygens (including phenoxy) is 2. The molecule has 0 aliphatic carbocycles. The lowest BCUT2D eigenvalue weighted by Crippen LogP contribution is -2.54. The average Bonchev–Trinajstić information content (AvgIpc) is 2.78. The Hall–Kier alpha value is -3.04. The summed E-state index contributed by atoms with van der Waals surface area (Å²) < 4.78 is 44.8. The molecular weight excluding hydrogens is 450 g/mol. The van der Waals surface area contributed by atoms with Gasteiger partial charge in [-0.3, -0.25) is 14.4 Å². The molecule has 1 aromatic carbocycles. The number of hydrogen-bond donors (Lipinski definition) is 2. The Morgan fingerprint density at radius 3 is 2.21 bits per heavy atom. The molecule has 0 heterocycles. The second-order valence-electron chi connectivity index (χ2n) is 8.17. The second-order valence-corrected chi connectivity index (χ2v) is 8.17. The van der Waals surface area contributed by atoms with E-state index in [0.717, 1.165) is 12.1 Å². The van der Waals surface area contributed by atoms with Crippen molar-refractivity contribution in [2.75, 3.05) is 13.2 Å². The summed E-state index contributed by atoms with van der Waals surface area (Å²) in [5.74, 6) is -6.12. The molecule has 1 rings (SSSR count). The Labute approximate surface area is 200 Å². The summed E-state index contributed by atoms with van der Waals surface area (Å²) in [6.45, 7) is 8.25. The zero-order valence-corrected chi connectivity index (χ0v) is 20.2. The van der Waals surface area contributed by atoms with E-state index < -0.39 is 59.3 Å². The van der Waals surface area contributed by atoms with E-state index in [2.05, 4.69) is 5.32 Å². The van der Waals surface area contributed by atoms with Crippen LogP contribution >= 0.6 is 0 Å². The van der Waals surface area contributed by atoms with Gasteiger partial charge in [0.05, 0.1) is 13.2 Å². The Morgan fingerprint density at radius 2 is 1.65 bits per heavy atom. The topological polar surface area (TPSA) is 111 Å². The minimum Gasteiger partial charge on any atom is -0.466 e. The highest BCUT2D eigenvalue weighted by Gasteiger charge is 2.31. The van der Waals surface area contributed by atoms with Gasteiger partial charge in [0, 0.05) is 12.3 Å². The fourth-order valence-electron chi connectivity index (χ4n) is 3.13. The van der Waals surface area contributed by atoms with E-state index in [1.807, 2.05) is 0 Å². The Kier molecular flexibility index (Phi) is 11.4. The van der Waals surface area contributed by atoms with Crippen molar-refractivity contribution in [1.29, 1.82) is 0 Å². The van der Waals surface area contributed by atoms with E-state index in [9.17, 15) is 28.0 Å². The number of rotatable bonds is 13. The third kappa shape index (κ3) is 9.44. The van der Waals surface area contributed by atoms with Gasteiger partial charge in [0.15, 0.2) is 13.0 Å². The van der Waals surface area contributed by atoms with Crippen LogP contribution < -0.4 is 10.6 Å². The zero-order chi connectivity index (χ0) is 26.7. The molecule has 10 heteroatoms. The maximum atomic E-state index is 13.5. The Balaban J connectivity index is 2.96. The SMILES string of the molecule is [2H]N(C(=O)[C@H](C)Cc1ccc(F)c(F)c1)[C@H](C(=O)N[C@@H](CCC(=O)OCC)C(=O)OCC)C(C)C. The molecule has 1 aromatic rings.